The SMILES string of the molecule is Fc1ccc(-c2nnc3ccc(N4CCN(Cc5ccccc5)CC4)nn23)cc1. The van der Waals surface area contributed by atoms with Gasteiger partial charge in [0, 0.05) is 38.3 Å². The normalized spacial score (nSPS) is 15.1. The summed E-state index contributed by atoms with van der Waals surface area (Å²) in [5.41, 5.74) is 2.81. The molecule has 3 heterocycles. The lowest BCUT2D eigenvalue weighted by Crippen LogP contribution is -2.46. The van der Waals surface area contributed by atoms with Crippen molar-refractivity contribution in [2.45, 2.75) is 6.54 Å². The van der Waals surface area contributed by atoms with Gasteiger partial charge in [0.2, 0.25) is 0 Å². The number of hydrogen-bond acceptors (Lipinski definition) is 5. The first-order chi connectivity index (χ1) is 14.3. The Morgan fingerprint density at radius 3 is 2.31 bits per heavy atom. The van der Waals surface area contributed by atoms with Crippen LogP contribution in [0.4, 0.5) is 10.2 Å². The standard InChI is InChI=1S/C22H21FN6/c23-19-8-6-18(7-9-19)22-25-24-20-10-11-21(26-29(20)22)28-14-12-27(13-15-28)16-17-4-2-1-3-5-17/h1-11H,12-16H2. The van der Waals surface area contributed by atoms with E-state index in [0.29, 0.717) is 11.5 Å². The third-order valence-corrected chi connectivity index (χ3v) is 5.30. The second-order valence-corrected chi connectivity index (χ2v) is 7.24. The fourth-order valence-corrected chi connectivity index (χ4v) is 3.70. The summed E-state index contributed by atoms with van der Waals surface area (Å²) >= 11 is 0. The van der Waals surface area contributed by atoms with Crippen LogP contribution in [0.3, 0.4) is 0 Å². The summed E-state index contributed by atoms with van der Waals surface area (Å²) in [6.07, 6.45) is 0. The number of halogens is 1. The van der Waals surface area contributed by atoms with Gasteiger partial charge in [-0.15, -0.1) is 15.3 Å². The summed E-state index contributed by atoms with van der Waals surface area (Å²) in [7, 11) is 0. The number of nitrogens with zero attached hydrogens (tertiary/aromatic N) is 6. The molecule has 4 aromatic rings. The zero-order valence-corrected chi connectivity index (χ0v) is 15.9. The van der Waals surface area contributed by atoms with Crippen molar-refractivity contribution in [1.29, 1.82) is 0 Å². The van der Waals surface area contributed by atoms with Crippen LogP contribution >= 0.6 is 0 Å². The molecule has 2 aromatic carbocycles. The van der Waals surface area contributed by atoms with Gasteiger partial charge in [0.05, 0.1) is 0 Å². The zero-order valence-electron chi connectivity index (χ0n) is 15.9. The molecule has 29 heavy (non-hydrogen) atoms. The number of aromatic nitrogens is 4. The van der Waals surface area contributed by atoms with Crippen molar-refractivity contribution in [3.63, 3.8) is 0 Å². The zero-order chi connectivity index (χ0) is 19.6. The number of rotatable bonds is 4. The molecule has 1 aliphatic heterocycles. The van der Waals surface area contributed by atoms with Crippen LogP contribution < -0.4 is 4.90 Å². The summed E-state index contributed by atoms with van der Waals surface area (Å²) in [5, 5.41) is 13.2. The molecular weight excluding hydrogens is 367 g/mol. The molecule has 5 rings (SSSR count). The van der Waals surface area contributed by atoms with E-state index in [1.165, 1.54) is 17.7 Å². The summed E-state index contributed by atoms with van der Waals surface area (Å²) in [4.78, 5) is 4.75. The van der Waals surface area contributed by atoms with Crippen molar-refractivity contribution in [2.24, 2.45) is 0 Å². The van der Waals surface area contributed by atoms with Crippen LogP contribution in [-0.2, 0) is 6.54 Å². The van der Waals surface area contributed by atoms with Crippen molar-refractivity contribution in [1.82, 2.24) is 24.7 Å². The van der Waals surface area contributed by atoms with Crippen molar-refractivity contribution < 1.29 is 4.39 Å². The van der Waals surface area contributed by atoms with E-state index in [9.17, 15) is 4.39 Å². The van der Waals surface area contributed by atoms with E-state index in [2.05, 4.69) is 50.3 Å². The van der Waals surface area contributed by atoms with Gasteiger partial charge < -0.3 is 4.90 Å². The molecule has 0 saturated carbocycles. The maximum atomic E-state index is 13.2. The maximum Gasteiger partial charge on any atom is 0.185 e. The van der Waals surface area contributed by atoms with Crippen LogP contribution in [0.1, 0.15) is 5.56 Å². The predicted octanol–water partition coefficient (Wildman–Crippen LogP) is 3.25. The fraction of sp³-hybridized carbons (Fsp3) is 0.227. The van der Waals surface area contributed by atoms with Gasteiger partial charge >= 0.3 is 0 Å². The molecule has 7 heteroatoms. The molecule has 0 amide bonds. The van der Waals surface area contributed by atoms with E-state index in [1.807, 2.05) is 12.1 Å². The first-order valence-corrected chi connectivity index (χ1v) is 9.76. The lowest BCUT2D eigenvalue weighted by Gasteiger charge is -2.35. The largest absolute Gasteiger partial charge is 0.353 e. The van der Waals surface area contributed by atoms with Crippen molar-refractivity contribution in [2.75, 3.05) is 31.1 Å². The van der Waals surface area contributed by atoms with Crippen LogP contribution in [0.5, 0.6) is 0 Å². The minimum Gasteiger partial charge on any atom is -0.353 e. The monoisotopic (exact) mass is 388 g/mol. The van der Waals surface area contributed by atoms with Gasteiger partial charge in [0.1, 0.15) is 11.6 Å². The average molecular weight is 388 g/mol. The summed E-state index contributed by atoms with van der Waals surface area (Å²) in [6, 6.07) is 20.7. The molecule has 0 spiro atoms. The lowest BCUT2D eigenvalue weighted by molar-refractivity contribution is 0.249. The summed E-state index contributed by atoms with van der Waals surface area (Å²) < 4.78 is 15.0. The Labute approximate surface area is 168 Å². The molecule has 0 aliphatic carbocycles. The van der Waals surface area contributed by atoms with E-state index < -0.39 is 0 Å². The molecule has 0 N–H and O–H groups in total. The van der Waals surface area contributed by atoms with E-state index in [1.54, 1.807) is 16.6 Å². The molecule has 0 bridgehead atoms. The third-order valence-electron chi connectivity index (χ3n) is 5.30. The Morgan fingerprint density at radius 1 is 0.793 bits per heavy atom. The predicted molar refractivity (Wildman–Crippen MR) is 110 cm³/mol. The lowest BCUT2D eigenvalue weighted by atomic mass is 10.2. The first kappa shape index (κ1) is 17.8. The Balaban J connectivity index is 1.33. The highest BCUT2D eigenvalue weighted by Gasteiger charge is 2.19. The molecule has 2 aromatic heterocycles. The van der Waals surface area contributed by atoms with Crippen molar-refractivity contribution in [3.05, 3.63) is 78.1 Å². The number of hydrogen-bond donors (Lipinski definition) is 0. The fourth-order valence-electron chi connectivity index (χ4n) is 3.70. The third kappa shape index (κ3) is 3.69. The van der Waals surface area contributed by atoms with Crippen molar-refractivity contribution in [3.8, 4) is 11.4 Å². The van der Waals surface area contributed by atoms with Crippen LogP contribution in [0.15, 0.2) is 66.7 Å². The first-order valence-electron chi connectivity index (χ1n) is 9.76. The van der Waals surface area contributed by atoms with E-state index >= 15 is 0 Å². The highest BCUT2D eigenvalue weighted by Crippen LogP contribution is 2.21. The smallest absolute Gasteiger partial charge is 0.185 e. The minimum atomic E-state index is -0.274. The van der Waals surface area contributed by atoms with Gasteiger partial charge in [-0.2, -0.15) is 4.52 Å². The van der Waals surface area contributed by atoms with Gasteiger partial charge in [-0.05, 0) is 42.0 Å². The number of fused-ring (bicyclic) bond motifs is 1. The van der Waals surface area contributed by atoms with Gasteiger partial charge in [0.15, 0.2) is 11.5 Å². The van der Waals surface area contributed by atoms with Crippen LogP contribution in [0, 0.1) is 5.82 Å². The average Bonchev–Trinajstić information content (AvgIpc) is 3.19. The maximum absolute atomic E-state index is 13.2. The molecule has 1 fully saturated rings. The highest BCUT2D eigenvalue weighted by molar-refractivity contribution is 5.59. The molecule has 146 valence electrons. The molecule has 0 atom stereocenters. The van der Waals surface area contributed by atoms with Crippen LogP contribution in [0.2, 0.25) is 0 Å². The van der Waals surface area contributed by atoms with E-state index in [-0.39, 0.29) is 5.82 Å². The molecule has 1 saturated heterocycles. The number of anilines is 1. The van der Waals surface area contributed by atoms with Crippen LogP contribution in [0.25, 0.3) is 17.0 Å². The molecule has 1 aliphatic rings. The Kier molecular flexibility index (Phi) is 4.65. The van der Waals surface area contributed by atoms with Gasteiger partial charge in [-0.1, -0.05) is 30.3 Å². The number of piperazine rings is 1. The topological polar surface area (TPSA) is 49.6 Å². The Morgan fingerprint density at radius 2 is 1.55 bits per heavy atom. The summed E-state index contributed by atoms with van der Waals surface area (Å²) in [5.74, 6) is 1.24. The molecular formula is C22H21FN6. The quantitative estimate of drug-likeness (QED) is 0.537. The highest BCUT2D eigenvalue weighted by atomic mass is 19.1. The van der Waals surface area contributed by atoms with Crippen molar-refractivity contribution >= 4 is 11.5 Å². The Bertz CT molecular complexity index is 1100. The van der Waals surface area contributed by atoms with Gasteiger partial charge in [-0.25, -0.2) is 4.39 Å². The number of benzene rings is 2. The second kappa shape index (κ2) is 7.60. The van der Waals surface area contributed by atoms with Gasteiger partial charge in [0.25, 0.3) is 0 Å². The Hall–Kier alpha value is -3.32. The molecule has 6 nitrogen and oxygen atoms in total. The van der Waals surface area contributed by atoms with E-state index in [0.717, 1.165) is 44.1 Å². The molecule has 0 unspecified atom stereocenters. The van der Waals surface area contributed by atoms with Crippen LogP contribution in [-0.4, -0.2) is 50.9 Å². The molecule has 0 radical (unpaired) electrons. The van der Waals surface area contributed by atoms with Gasteiger partial charge in [-0.3, -0.25) is 4.90 Å². The second-order valence-electron chi connectivity index (χ2n) is 7.24. The minimum absolute atomic E-state index is 0.274. The van der Waals surface area contributed by atoms with E-state index in [4.69, 9.17) is 5.10 Å². The summed E-state index contributed by atoms with van der Waals surface area (Å²) in [6.45, 7) is 4.78.